The van der Waals surface area contributed by atoms with Crippen LogP contribution in [-0.2, 0) is 47.3 Å². The summed E-state index contributed by atoms with van der Waals surface area (Å²) in [5.41, 5.74) is 13.1. The number of anilines is 2. The molecule has 8 nitrogen and oxygen atoms in total. The molecule has 0 radical (unpaired) electrons. The maximum atomic E-state index is 12.8. The van der Waals surface area contributed by atoms with Crippen molar-refractivity contribution >= 4 is 46.0 Å². The highest BCUT2D eigenvalue weighted by molar-refractivity contribution is 7.80. The van der Waals surface area contributed by atoms with E-state index in [1.807, 2.05) is 60.7 Å². The highest BCUT2D eigenvalue weighted by atomic mass is 32.1. The summed E-state index contributed by atoms with van der Waals surface area (Å²) in [5, 5.41) is 39.9. The molecule has 0 aliphatic heterocycles. The Balaban J connectivity index is 1.31. The average molecular weight is 1060 g/mol. The van der Waals surface area contributed by atoms with E-state index in [1.54, 1.807) is 0 Å². The summed E-state index contributed by atoms with van der Waals surface area (Å²) in [5.74, 6) is 2.19. The summed E-state index contributed by atoms with van der Waals surface area (Å²) < 4.78 is 14.1. The Labute approximate surface area is 465 Å². The van der Waals surface area contributed by atoms with Crippen LogP contribution < -0.4 is 30.7 Å². The van der Waals surface area contributed by atoms with E-state index >= 15 is 0 Å². The molecule has 0 amide bonds. The SMILES string of the molecule is CC(C)(C)c1cc2c(O)c(c1)Cc1cc(C(C)(C)C)cc(c1OCCCCNC(=S)Nc1ccccc1)Cc1cc(C(C)(C)C)cc(c1O)Cc1cc(C(C)(C)C)cc(c1OCCCCNC(=S)Nc1ccccc1)C2. The van der Waals surface area contributed by atoms with Gasteiger partial charge < -0.3 is 41.0 Å². The predicted molar refractivity (Wildman–Crippen MR) is 326 cm³/mol. The van der Waals surface area contributed by atoms with Crippen molar-refractivity contribution in [2.75, 3.05) is 36.9 Å². The fraction of sp³-hybridized carbons (Fsp3) is 0.424. The summed E-state index contributed by atoms with van der Waals surface area (Å²) >= 11 is 11.2. The number of rotatable bonds is 14. The Morgan fingerprint density at radius 2 is 0.671 bits per heavy atom. The molecule has 0 saturated carbocycles. The lowest BCUT2D eigenvalue weighted by Crippen LogP contribution is -2.29. The number of ether oxygens (including phenoxy) is 2. The van der Waals surface area contributed by atoms with Crippen molar-refractivity contribution in [2.24, 2.45) is 0 Å². The molecular weight excluding hydrogens is 977 g/mol. The van der Waals surface area contributed by atoms with Gasteiger partial charge in [-0.25, -0.2) is 0 Å². The minimum atomic E-state index is -0.210. The van der Waals surface area contributed by atoms with Crippen LogP contribution in [0.25, 0.3) is 0 Å². The lowest BCUT2D eigenvalue weighted by atomic mass is 9.79. The maximum Gasteiger partial charge on any atom is 0.170 e. The van der Waals surface area contributed by atoms with Gasteiger partial charge >= 0.3 is 0 Å². The Morgan fingerprint density at radius 3 is 0.934 bits per heavy atom. The van der Waals surface area contributed by atoms with Gasteiger partial charge in [-0.05, 0) is 163 Å². The third-order valence-electron chi connectivity index (χ3n) is 14.3. The second-order valence-corrected chi connectivity index (χ2v) is 25.7. The van der Waals surface area contributed by atoms with Gasteiger partial charge in [0.1, 0.15) is 23.0 Å². The van der Waals surface area contributed by atoms with Crippen LogP contribution in [0, 0.1) is 0 Å². The molecule has 8 bridgehead atoms. The molecule has 0 unspecified atom stereocenters. The molecule has 7 rings (SSSR count). The number of benzene rings is 6. The van der Waals surface area contributed by atoms with Crippen molar-refractivity contribution in [3.8, 4) is 23.0 Å². The minimum Gasteiger partial charge on any atom is -0.507 e. The first-order valence-electron chi connectivity index (χ1n) is 27.3. The highest BCUT2D eigenvalue weighted by Gasteiger charge is 2.29. The quantitative estimate of drug-likeness (QED) is 0.0466. The number of unbranched alkanes of at least 4 members (excludes halogenated alkanes) is 2. The van der Waals surface area contributed by atoms with E-state index in [9.17, 15) is 10.2 Å². The third kappa shape index (κ3) is 15.5. The van der Waals surface area contributed by atoms with Crippen molar-refractivity contribution in [3.63, 3.8) is 0 Å². The molecule has 1 aliphatic carbocycles. The van der Waals surface area contributed by atoms with Gasteiger partial charge in [0, 0.05) is 50.1 Å². The summed E-state index contributed by atoms with van der Waals surface area (Å²) in [6.07, 6.45) is 5.07. The van der Waals surface area contributed by atoms with E-state index in [0.29, 0.717) is 62.2 Å². The first-order chi connectivity index (χ1) is 35.8. The van der Waals surface area contributed by atoms with Crippen molar-refractivity contribution in [1.82, 2.24) is 10.6 Å². The van der Waals surface area contributed by atoms with Gasteiger partial charge in [0.05, 0.1) is 13.2 Å². The smallest absolute Gasteiger partial charge is 0.170 e. The molecule has 6 aromatic carbocycles. The monoisotopic (exact) mass is 1060 g/mol. The number of thiocarbonyl (C=S) groups is 2. The summed E-state index contributed by atoms with van der Waals surface area (Å²) in [4.78, 5) is 0. The molecule has 76 heavy (non-hydrogen) atoms. The maximum absolute atomic E-state index is 12.8. The predicted octanol–water partition coefficient (Wildman–Crippen LogP) is 15.3. The van der Waals surface area contributed by atoms with Gasteiger partial charge in [0.15, 0.2) is 10.2 Å². The zero-order valence-electron chi connectivity index (χ0n) is 47.4. The van der Waals surface area contributed by atoms with E-state index in [0.717, 1.165) is 104 Å². The Morgan fingerprint density at radius 1 is 0.408 bits per heavy atom. The van der Waals surface area contributed by atoms with Crippen molar-refractivity contribution < 1.29 is 19.7 Å². The van der Waals surface area contributed by atoms with Crippen LogP contribution in [0.15, 0.2) is 109 Å². The largest absolute Gasteiger partial charge is 0.507 e. The zero-order valence-corrected chi connectivity index (χ0v) is 49.0. The molecule has 404 valence electrons. The molecule has 0 saturated heterocycles. The first-order valence-corrected chi connectivity index (χ1v) is 28.1. The number of nitrogens with one attached hydrogen (secondary N) is 4. The highest BCUT2D eigenvalue weighted by Crippen LogP contribution is 2.44. The van der Waals surface area contributed by atoms with Crippen LogP contribution >= 0.6 is 24.4 Å². The number of fused-ring (bicyclic) bond motifs is 8. The molecular formula is C66H84N4O4S2. The third-order valence-corrected chi connectivity index (χ3v) is 14.8. The number of phenolic OH excluding ortho intramolecular Hbond substituents is 2. The molecule has 10 heteroatoms. The van der Waals surface area contributed by atoms with Crippen LogP contribution in [0.3, 0.4) is 0 Å². The molecule has 0 spiro atoms. The van der Waals surface area contributed by atoms with Crippen LogP contribution in [0.2, 0.25) is 0 Å². The van der Waals surface area contributed by atoms with Gasteiger partial charge in [0.25, 0.3) is 0 Å². The standard InChI is InChI=1S/C66H84N4O4S2/c1-63(2,3)51-35-43-31-47-39-53(65(7,8)9)41-49(59(47)73-29-21-19-27-67-61(75)69-55-23-15-13-16-24-55)33-45-37-52(64(4,5)6)38-46(58(45)72)34-50-42-54(66(10,11)12)40-48(32-44(36-51)57(43)71)60(50)74-30-22-20-28-68-62(76)70-56-25-17-14-18-26-56/h13-18,23-26,35-42,71-72H,19-22,27-34H2,1-12H3,(H2,67,69,75)(H2,68,70,76). The number of hydrogen-bond acceptors (Lipinski definition) is 6. The molecule has 1 aliphatic rings. The van der Waals surface area contributed by atoms with E-state index in [-0.39, 0.29) is 33.2 Å². The van der Waals surface area contributed by atoms with E-state index < -0.39 is 0 Å². The van der Waals surface area contributed by atoms with Crippen molar-refractivity contribution in [1.29, 1.82) is 0 Å². The Bertz CT molecular complexity index is 2680. The molecule has 0 heterocycles. The van der Waals surface area contributed by atoms with Gasteiger partial charge in [-0.2, -0.15) is 0 Å². The fourth-order valence-corrected chi connectivity index (χ4v) is 10.1. The van der Waals surface area contributed by atoms with Gasteiger partial charge in [-0.3, -0.25) is 0 Å². The van der Waals surface area contributed by atoms with Crippen LogP contribution in [0.1, 0.15) is 176 Å². The summed E-state index contributed by atoms with van der Waals surface area (Å²) in [7, 11) is 0. The fourth-order valence-electron chi connectivity index (χ4n) is 9.62. The normalized spacial score (nSPS) is 12.9. The first kappa shape index (κ1) is 57.6. The van der Waals surface area contributed by atoms with Crippen LogP contribution in [0.5, 0.6) is 23.0 Å². The lowest BCUT2D eigenvalue weighted by molar-refractivity contribution is 0.301. The van der Waals surface area contributed by atoms with Gasteiger partial charge in [-0.1, -0.05) is 168 Å². The number of para-hydroxylation sites is 2. The zero-order chi connectivity index (χ0) is 55.0. The minimum absolute atomic E-state index is 0.200. The van der Waals surface area contributed by atoms with Crippen LogP contribution in [-0.4, -0.2) is 46.7 Å². The number of hydrogen-bond donors (Lipinski definition) is 6. The number of aromatic hydroxyl groups is 2. The van der Waals surface area contributed by atoms with Gasteiger partial charge in [-0.15, -0.1) is 0 Å². The van der Waals surface area contributed by atoms with Crippen molar-refractivity contribution in [2.45, 2.75) is 156 Å². The summed E-state index contributed by atoms with van der Waals surface area (Å²) in [6, 6.07) is 37.8. The number of phenols is 2. The lowest BCUT2D eigenvalue weighted by Gasteiger charge is -2.28. The average Bonchev–Trinajstić information content (AvgIpc) is 3.35. The molecule has 0 atom stereocenters. The molecule has 6 aromatic rings. The van der Waals surface area contributed by atoms with Gasteiger partial charge in [0.2, 0.25) is 0 Å². The van der Waals surface area contributed by atoms with E-state index in [2.05, 4.69) is 153 Å². The second kappa shape index (κ2) is 24.5. The second-order valence-electron chi connectivity index (χ2n) is 24.8. The van der Waals surface area contributed by atoms with E-state index in [1.165, 1.54) is 11.1 Å². The Kier molecular flexibility index (Phi) is 18.6. The topological polar surface area (TPSA) is 107 Å². The van der Waals surface area contributed by atoms with E-state index in [4.69, 9.17) is 33.9 Å². The summed E-state index contributed by atoms with van der Waals surface area (Å²) in [6.45, 7) is 29.3. The van der Waals surface area contributed by atoms with Crippen molar-refractivity contribution in [3.05, 3.63) is 176 Å². The molecule has 0 aromatic heterocycles. The molecule has 0 fully saturated rings. The van der Waals surface area contributed by atoms with Crippen LogP contribution in [0.4, 0.5) is 11.4 Å². The Hall–Kier alpha value is -6.10. The molecule has 6 N–H and O–H groups in total.